The molecule has 1 aromatic rings. The molecule has 16 heavy (non-hydrogen) atoms. The van der Waals surface area contributed by atoms with Crippen molar-refractivity contribution in [1.82, 2.24) is 4.90 Å². The molecule has 0 aliphatic rings. The van der Waals surface area contributed by atoms with Gasteiger partial charge in [0.1, 0.15) is 0 Å². The Morgan fingerprint density at radius 2 is 2.38 bits per heavy atom. The van der Waals surface area contributed by atoms with E-state index in [1.54, 1.807) is 0 Å². The molecule has 2 nitrogen and oxygen atoms in total. The topological polar surface area (TPSA) is 29.3 Å². The van der Waals surface area contributed by atoms with E-state index in [0.717, 1.165) is 13.1 Å². The predicted molar refractivity (Wildman–Crippen MR) is 76.2 cm³/mol. The third-order valence-electron chi connectivity index (χ3n) is 2.68. The molecule has 2 N–H and O–H groups in total. The van der Waals surface area contributed by atoms with Gasteiger partial charge < -0.3 is 5.73 Å². The Bertz CT molecular complexity index is 262. The summed E-state index contributed by atoms with van der Waals surface area (Å²) in [7, 11) is 2.17. The van der Waals surface area contributed by atoms with Gasteiger partial charge in [-0.1, -0.05) is 13.0 Å². The molecule has 0 saturated heterocycles. The van der Waals surface area contributed by atoms with Crippen LogP contribution in [-0.4, -0.2) is 36.0 Å². The minimum Gasteiger partial charge on any atom is -0.329 e. The molecule has 0 aliphatic carbocycles. The van der Waals surface area contributed by atoms with E-state index in [4.69, 9.17) is 5.73 Å². The maximum atomic E-state index is 5.84. The van der Waals surface area contributed by atoms with Gasteiger partial charge in [-0.2, -0.15) is 11.8 Å². The van der Waals surface area contributed by atoms with Gasteiger partial charge in [-0.05, 0) is 36.4 Å². The lowest BCUT2D eigenvalue weighted by Gasteiger charge is -2.26. The summed E-state index contributed by atoms with van der Waals surface area (Å²) < 4.78 is 0. The zero-order valence-electron chi connectivity index (χ0n) is 10.2. The molecule has 1 unspecified atom stereocenters. The molecular formula is C12H22N2S2. The lowest BCUT2D eigenvalue weighted by atomic mass is 10.2. The molecule has 0 aliphatic heterocycles. The first-order chi connectivity index (χ1) is 7.77. The molecule has 1 heterocycles. The number of hydrogen-bond donors (Lipinski definition) is 1. The second kappa shape index (κ2) is 8.12. The Morgan fingerprint density at radius 3 is 2.94 bits per heavy atom. The van der Waals surface area contributed by atoms with Gasteiger partial charge in [-0.15, -0.1) is 11.3 Å². The molecule has 1 aromatic heterocycles. The van der Waals surface area contributed by atoms with E-state index in [1.807, 2.05) is 23.1 Å². The molecular weight excluding hydrogens is 236 g/mol. The molecule has 1 rings (SSSR count). The third-order valence-corrected chi connectivity index (χ3v) is 4.47. The summed E-state index contributed by atoms with van der Waals surface area (Å²) in [5.74, 6) is 2.42. The average molecular weight is 258 g/mol. The average Bonchev–Trinajstić information content (AvgIpc) is 2.77. The normalized spacial score (nSPS) is 13.2. The fourth-order valence-corrected chi connectivity index (χ4v) is 3.15. The smallest absolute Gasteiger partial charge is 0.0328 e. The number of thiophene rings is 1. The van der Waals surface area contributed by atoms with Crippen molar-refractivity contribution in [3.8, 4) is 0 Å². The Balaban J connectivity index is 2.33. The molecule has 0 bridgehead atoms. The molecule has 0 saturated carbocycles. The van der Waals surface area contributed by atoms with Crippen LogP contribution in [0.3, 0.4) is 0 Å². The molecule has 0 fully saturated rings. The highest BCUT2D eigenvalue weighted by Crippen LogP contribution is 2.14. The summed E-state index contributed by atoms with van der Waals surface area (Å²) in [5, 5.41) is 2.13. The SMILES string of the molecule is CCSCCC(CN)N(C)Cc1cccs1. The van der Waals surface area contributed by atoms with Crippen molar-refractivity contribution >= 4 is 23.1 Å². The van der Waals surface area contributed by atoms with Crippen LogP contribution in [-0.2, 0) is 6.54 Å². The Morgan fingerprint density at radius 1 is 1.56 bits per heavy atom. The second-order valence-corrected chi connectivity index (χ2v) is 6.30. The zero-order valence-corrected chi connectivity index (χ0v) is 11.8. The van der Waals surface area contributed by atoms with E-state index in [1.165, 1.54) is 22.8 Å². The van der Waals surface area contributed by atoms with Gasteiger partial charge in [0.25, 0.3) is 0 Å². The number of thioether (sulfide) groups is 1. The highest BCUT2D eigenvalue weighted by atomic mass is 32.2. The van der Waals surface area contributed by atoms with Crippen LogP contribution in [0.25, 0.3) is 0 Å². The Kier molecular flexibility index (Phi) is 7.12. The van der Waals surface area contributed by atoms with Crippen LogP contribution in [0.2, 0.25) is 0 Å². The van der Waals surface area contributed by atoms with Crippen molar-refractivity contribution in [2.45, 2.75) is 25.9 Å². The van der Waals surface area contributed by atoms with Gasteiger partial charge in [0.2, 0.25) is 0 Å². The summed E-state index contributed by atoms with van der Waals surface area (Å²) in [6, 6.07) is 4.81. The molecule has 4 heteroatoms. The Hall–Kier alpha value is -0.0300. The van der Waals surface area contributed by atoms with E-state index in [0.29, 0.717) is 6.04 Å². The van der Waals surface area contributed by atoms with Gasteiger partial charge in [0.05, 0.1) is 0 Å². The summed E-state index contributed by atoms with van der Waals surface area (Å²) in [5.41, 5.74) is 5.84. The minimum absolute atomic E-state index is 0.515. The van der Waals surface area contributed by atoms with Gasteiger partial charge in [0, 0.05) is 24.0 Å². The van der Waals surface area contributed by atoms with Gasteiger partial charge >= 0.3 is 0 Å². The quantitative estimate of drug-likeness (QED) is 0.727. The van der Waals surface area contributed by atoms with Crippen LogP contribution >= 0.6 is 23.1 Å². The van der Waals surface area contributed by atoms with E-state index >= 15 is 0 Å². The molecule has 0 amide bonds. The first-order valence-corrected chi connectivity index (χ1v) is 7.81. The van der Waals surface area contributed by atoms with Crippen LogP contribution in [0.15, 0.2) is 17.5 Å². The lowest BCUT2D eigenvalue weighted by molar-refractivity contribution is 0.236. The first-order valence-electron chi connectivity index (χ1n) is 5.78. The van der Waals surface area contributed by atoms with Crippen LogP contribution < -0.4 is 5.73 Å². The third kappa shape index (κ3) is 4.87. The maximum Gasteiger partial charge on any atom is 0.0328 e. The predicted octanol–water partition coefficient (Wildman–Crippen LogP) is 2.65. The van der Waals surface area contributed by atoms with E-state index < -0.39 is 0 Å². The minimum atomic E-state index is 0.515. The number of nitrogens with zero attached hydrogens (tertiary/aromatic N) is 1. The summed E-state index contributed by atoms with van der Waals surface area (Å²) in [4.78, 5) is 3.80. The molecule has 0 spiro atoms. The van der Waals surface area contributed by atoms with Crippen molar-refractivity contribution in [2.24, 2.45) is 5.73 Å². The standard InChI is InChI=1S/C12H22N2S2/c1-3-15-8-6-11(9-13)14(2)10-12-5-4-7-16-12/h4-5,7,11H,3,6,8-10,13H2,1-2H3. The second-order valence-electron chi connectivity index (χ2n) is 3.87. The van der Waals surface area contributed by atoms with E-state index in [2.05, 4.69) is 36.4 Å². The highest BCUT2D eigenvalue weighted by Gasteiger charge is 2.13. The van der Waals surface area contributed by atoms with E-state index in [9.17, 15) is 0 Å². The van der Waals surface area contributed by atoms with Gasteiger partial charge in [-0.3, -0.25) is 4.90 Å². The highest BCUT2D eigenvalue weighted by molar-refractivity contribution is 7.99. The van der Waals surface area contributed by atoms with Crippen LogP contribution in [0.5, 0.6) is 0 Å². The number of nitrogens with two attached hydrogens (primary N) is 1. The van der Waals surface area contributed by atoms with Crippen molar-refractivity contribution in [2.75, 3.05) is 25.1 Å². The fourth-order valence-electron chi connectivity index (χ4n) is 1.66. The van der Waals surface area contributed by atoms with Crippen molar-refractivity contribution in [3.05, 3.63) is 22.4 Å². The number of hydrogen-bond acceptors (Lipinski definition) is 4. The van der Waals surface area contributed by atoms with Crippen LogP contribution in [0, 0.1) is 0 Å². The summed E-state index contributed by atoms with van der Waals surface area (Å²) in [6.07, 6.45) is 1.19. The largest absolute Gasteiger partial charge is 0.329 e. The Labute approximate surface area is 107 Å². The van der Waals surface area contributed by atoms with Crippen LogP contribution in [0.1, 0.15) is 18.2 Å². The summed E-state index contributed by atoms with van der Waals surface area (Å²) in [6.45, 7) is 3.99. The molecule has 1 atom stereocenters. The van der Waals surface area contributed by atoms with E-state index in [-0.39, 0.29) is 0 Å². The zero-order chi connectivity index (χ0) is 11.8. The van der Waals surface area contributed by atoms with Gasteiger partial charge in [-0.25, -0.2) is 0 Å². The van der Waals surface area contributed by atoms with Crippen LogP contribution in [0.4, 0.5) is 0 Å². The number of rotatable bonds is 8. The maximum absolute atomic E-state index is 5.84. The van der Waals surface area contributed by atoms with Crippen molar-refractivity contribution < 1.29 is 0 Å². The summed E-state index contributed by atoms with van der Waals surface area (Å²) >= 11 is 3.82. The lowest BCUT2D eigenvalue weighted by Crippen LogP contribution is -2.37. The molecule has 92 valence electrons. The van der Waals surface area contributed by atoms with Crippen molar-refractivity contribution in [3.63, 3.8) is 0 Å². The molecule has 0 radical (unpaired) electrons. The monoisotopic (exact) mass is 258 g/mol. The number of likely N-dealkylation sites (N-methyl/N-ethyl adjacent to an activating group) is 1. The fraction of sp³-hybridized carbons (Fsp3) is 0.667. The van der Waals surface area contributed by atoms with Crippen molar-refractivity contribution in [1.29, 1.82) is 0 Å². The van der Waals surface area contributed by atoms with Gasteiger partial charge in [0.15, 0.2) is 0 Å². The molecule has 0 aromatic carbocycles. The first kappa shape index (κ1) is 14.0.